The maximum atomic E-state index is 12.0. The van der Waals surface area contributed by atoms with Crippen LogP contribution in [-0.4, -0.2) is 15.8 Å². The first kappa shape index (κ1) is 15.0. The lowest BCUT2D eigenvalue weighted by Gasteiger charge is -2.21. The molecule has 2 atom stereocenters. The molecule has 0 amide bonds. The number of nitrogens with zero attached hydrogens (tertiary/aromatic N) is 2. The molecule has 0 radical (unpaired) electrons. The van der Waals surface area contributed by atoms with Crippen molar-refractivity contribution in [3.63, 3.8) is 0 Å². The van der Waals surface area contributed by atoms with Gasteiger partial charge in [-0.15, -0.1) is 0 Å². The average molecular weight is 272 g/mol. The van der Waals surface area contributed by atoms with Crippen molar-refractivity contribution < 1.29 is 0 Å². The summed E-state index contributed by atoms with van der Waals surface area (Å²) in [5, 5.41) is 7.61. The summed E-state index contributed by atoms with van der Waals surface area (Å²) >= 11 is 6.10. The van der Waals surface area contributed by atoms with Crippen LogP contribution >= 0.6 is 11.6 Å². The molecule has 0 aromatic carbocycles. The van der Waals surface area contributed by atoms with Crippen LogP contribution in [0.15, 0.2) is 11.0 Å². The molecule has 102 valence electrons. The van der Waals surface area contributed by atoms with Gasteiger partial charge in [0.25, 0.3) is 5.56 Å². The van der Waals surface area contributed by atoms with E-state index in [2.05, 4.69) is 31.2 Å². The molecule has 1 heterocycles. The Morgan fingerprint density at radius 3 is 2.50 bits per heavy atom. The fraction of sp³-hybridized carbons (Fsp3) is 0.692. The first-order chi connectivity index (χ1) is 8.38. The molecular formula is C13H22ClN3O. The van der Waals surface area contributed by atoms with Crippen molar-refractivity contribution in [3.8, 4) is 0 Å². The van der Waals surface area contributed by atoms with E-state index in [-0.39, 0.29) is 22.7 Å². The van der Waals surface area contributed by atoms with E-state index in [4.69, 9.17) is 11.6 Å². The molecule has 0 bridgehead atoms. The van der Waals surface area contributed by atoms with Gasteiger partial charge < -0.3 is 5.32 Å². The minimum absolute atomic E-state index is 0.0102. The lowest BCUT2D eigenvalue weighted by Crippen LogP contribution is -2.29. The summed E-state index contributed by atoms with van der Waals surface area (Å²) in [6.45, 7) is 10.2. The van der Waals surface area contributed by atoms with Crippen LogP contribution in [0.3, 0.4) is 0 Å². The Morgan fingerprint density at radius 1 is 1.39 bits per heavy atom. The third-order valence-electron chi connectivity index (χ3n) is 3.31. The van der Waals surface area contributed by atoms with Crippen LogP contribution in [-0.2, 0) is 0 Å². The van der Waals surface area contributed by atoms with Gasteiger partial charge in [0, 0.05) is 6.04 Å². The molecule has 0 aliphatic carbocycles. The summed E-state index contributed by atoms with van der Waals surface area (Å²) in [4.78, 5) is 12.0. The maximum Gasteiger partial charge on any atom is 0.287 e. The van der Waals surface area contributed by atoms with Crippen molar-refractivity contribution >= 4 is 17.3 Å². The van der Waals surface area contributed by atoms with Gasteiger partial charge in [0.2, 0.25) is 0 Å². The van der Waals surface area contributed by atoms with Gasteiger partial charge in [0.1, 0.15) is 5.02 Å². The second-order valence-corrected chi connectivity index (χ2v) is 5.41. The number of hydrogen-bond acceptors (Lipinski definition) is 3. The van der Waals surface area contributed by atoms with E-state index in [1.165, 1.54) is 4.68 Å². The van der Waals surface area contributed by atoms with Gasteiger partial charge in [-0.25, -0.2) is 4.68 Å². The van der Waals surface area contributed by atoms with Crippen LogP contribution in [0.2, 0.25) is 5.02 Å². The van der Waals surface area contributed by atoms with Gasteiger partial charge in [0.15, 0.2) is 0 Å². The van der Waals surface area contributed by atoms with Crippen LogP contribution in [0.25, 0.3) is 0 Å². The van der Waals surface area contributed by atoms with Crippen molar-refractivity contribution in [1.82, 2.24) is 9.78 Å². The predicted molar refractivity (Wildman–Crippen MR) is 76.4 cm³/mol. The molecule has 0 saturated heterocycles. The standard InChI is InChI=1S/C13H22ClN3O/c1-6-9(4)10(5)16-11-7-15-17(8(2)3)13(18)12(11)14/h7-10,16H,6H2,1-5H3. The smallest absolute Gasteiger partial charge is 0.287 e. The molecule has 1 aromatic heterocycles. The molecule has 1 N–H and O–H groups in total. The SMILES string of the molecule is CCC(C)C(C)Nc1cnn(C(C)C)c(=O)c1Cl. The van der Waals surface area contributed by atoms with E-state index in [1.807, 2.05) is 13.8 Å². The van der Waals surface area contributed by atoms with Crippen molar-refractivity contribution in [2.24, 2.45) is 5.92 Å². The molecular weight excluding hydrogens is 250 g/mol. The van der Waals surface area contributed by atoms with Gasteiger partial charge in [-0.1, -0.05) is 31.9 Å². The number of rotatable bonds is 5. The maximum absolute atomic E-state index is 12.0. The normalized spacial score (nSPS) is 14.6. The van der Waals surface area contributed by atoms with E-state index in [1.54, 1.807) is 6.20 Å². The third kappa shape index (κ3) is 3.25. The fourth-order valence-corrected chi connectivity index (χ4v) is 1.84. The molecule has 0 fully saturated rings. The van der Waals surface area contributed by atoms with E-state index >= 15 is 0 Å². The average Bonchev–Trinajstić information content (AvgIpc) is 2.33. The van der Waals surface area contributed by atoms with Crippen LogP contribution in [0, 0.1) is 5.92 Å². The van der Waals surface area contributed by atoms with Gasteiger partial charge in [0.05, 0.1) is 17.9 Å². The molecule has 0 aliphatic rings. The Morgan fingerprint density at radius 2 is 2.00 bits per heavy atom. The molecule has 4 nitrogen and oxygen atoms in total. The molecule has 0 saturated carbocycles. The largest absolute Gasteiger partial charge is 0.380 e. The summed E-state index contributed by atoms with van der Waals surface area (Å²) < 4.78 is 1.39. The Bertz CT molecular complexity index is 456. The minimum atomic E-state index is -0.243. The Hall–Kier alpha value is -1.03. The second kappa shape index (κ2) is 6.23. The highest BCUT2D eigenvalue weighted by molar-refractivity contribution is 6.32. The molecule has 1 aromatic rings. The highest BCUT2D eigenvalue weighted by Crippen LogP contribution is 2.20. The summed E-state index contributed by atoms with van der Waals surface area (Å²) in [7, 11) is 0. The van der Waals surface area contributed by atoms with Crippen molar-refractivity contribution in [1.29, 1.82) is 0 Å². The summed E-state index contributed by atoms with van der Waals surface area (Å²) in [6.07, 6.45) is 2.70. The lowest BCUT2D eigenvalue weighted by molar-refractivity contribution is 0.489. The first-order valence-corrected chi connectivity index (χ1v) is 6.80. The zero-order chi connectivity index (χ0) is 13.9. The van der Waals surface area contributed by atoms with Crippen LogP contribution in [0.1, 0.15) is 47.1 Å². The minimum Gasteiger partial charge on any atom is -0.380 e. The zero-order valence-corrected chi connectivity index (χ0v) is 12.5. The molecule has 1 rings (SSSR count). The van der Waals surface area contributed by atoms with Crippen LogP contribution in [0.5, 0.6) is 0 Å². The monoisotopic (exact) mass is 271 g/mol. The highest BCUT2D eigenvalue weighted by Gasteiger charge is 2.15. The van der Waals surface area contributed by atoms with Gasteiger partial charge in [-0.05, 0) is 26.7 Å². The van der Waals surface area contributed by atoms with E-state index in [0.29, 0.717) is 11.6 Å². The number of nitrogens with one attached hydrogen (secondary N) is 1. The second-order valence-electron chi connectivity index (χ2n) is 5.03. The first-order valence-electron chi connectivity index (χ1n) is 6.42. The number of hydrogen-bond donors (Lipinski definition) is 1. The van der Waals surface area contributed by atoms with E-state index < -0.39 is 0 Å². The van der Waals surface area contributed by atoms with Crippen molar-refractivity contribution in [2.75, 3.05) is 5.32 Å². The summed E-state index contributed by atoms with van der Waals surface area (Å²) in [6, 6.07) is 0.264. The van der Waals surface area contributed by atoms with E-state index in [9.17, 15) is 4.79 Å². The van der Waals surface area contributed by atoms with Crippen molar-refractivity contribution in [2.45, 2.75) is 53.1 Å². The highest BCUT2D eigenvalue weighted by atomic mass is 35.5. The molecule has 2 unspecified atom stereocenters. The van der Waals surface area contributed by atoms with Gasteiger partial charge in [-0.3, -0.25) is 4.79 Å². The third-order valence-corrected chi connectivity index (χ3v) is 3.68. The number of halogens is 1. The Kier molecular flexibility index (Phi) is 5.20. The Labute approximate surface area is 113 Å². The zero-order valence-electron chi connectivity index (χ0n) is 11.7. The molecule has 0 aliphatic heterocycles. The van der Waals surface area contributed by atoms with Crippen LogP contribution < -0.4 is 10.9 Å². The lowest BCUT2D eigenvalue weighted by atomic mass is 10.0. The topological polar surface area (TPSA) is 46.9 Å². The molecule has 0 spiro atoms. The van der Waals surface area contributed by atoms with Crippen molar-refractivity contribution in [3.05, 3.63) is 21.6 Å². The van der Waals surface area contributed by atoms with Gasteiger partial charge >= 0.3 is 0 Å². The Balaban J connectivity index is 2.99. The van der Waals surface area contributed by atoms with Gasteiger partial charge in [-0.2, -0.15) is 5.10 Å². The molecule has 5 heteroatoms. The quantitative estimate of drug-likeness (QED) is 0.894. The van der Waals surface area contributed by atoms with Crippen LogP contribution in [0.4, 0.5) is 5.69 Å². The number of aromatic nitrogens is 2. The summed E-state index contributed by atoms with van der Waals surface area (Å²) in [5.74, 6) is 0.508. The number of anilines is 1. The fourth-order valence-electron chi connectivity index (χ4n) is 1.65. The van der Waals surface area contributed by atoms with E-state index in [0.717, 1.165) is 6.42 Å². The summed E-state index contributed by atoms with van der Waals surface area (Å²) in [5.41, 5.74) is 0.374. The predicted octanol–water partition coefficient (Wildman–Crippen LogP) is 3.32. The molecule has 18 heavy (non-hydrogen) atoms.